The van der Waals surface area contributed by atoms with Gasteiger partial charge in [-0.25, -0.2) is 0 Å². The Balaban J connectivity index is 2.16. The normalized spacial score (nSPS) is 17.5. The predicted octanol–water partition coefficient (Wildman–Crippen LogP) is -0.173. The van der Waals surface area contributed by atoms with E-state index in [-0.39, 0.29) is 5.91 Å². The van der Waals surface area contributed by atoms with Gasteiger partial charge in [-0.05, 0) is 19.9 Å². The van der Waals surface area contributed by atoms with Crippen LogP contribution >= 0.6 is 0 Å². The average Bonchev–Trinajstić information content (AvgIpc) is 2.68. The number of rotatable bonds is 3. The van der Waals surface area contributed by atoms with Gasteiger partial charge < -0.3 is 5.32 Å². The largest absolute Gasteiger partial charge is 0.358 e. The molecule has 0 aromatic carbocycles. The summed E-state index contributed by atoms with van der Waals surface area (Å²) >= 11 is 0. The van der Waals surface area contributed by atoms with Crippen LogP contribution in [0.4, 0.5) is 0 Å². The van der Waals surface area contributed by atoms with Crippen molar-refractivity contribution in [2.75, 3.05) is 20.6 Å². The summed E-state index contributed by atoms with van der Waals surface area (Å²) in [6.07, 6.45) is 2.51. The number of likely N-dealkylation sites (N-methyl/N-ethyl adjacent to an activating group) is 2. The first-order valence-corrected chi connectivity index (χ1v) is 3.65. The van der Waals surface area contributed by atoms with Crippen LogP contribution in [0.3, 0.4) is 0 Å². The van der Waals surface area contributed by atoms with Gasteiger partial charge in [-0.15, -0.1) is 0 Å². The summed E-state index contributed by atoms with van der Waals surface area (Å²) in [5, 5.41) is 2.60. The van der Waals surface area contributed by atoms with Gasteiger partial charge in [-0.2, -0.15) is 0 Å². The monoisotopic (exact) mass is 142 g/mol. The molecule has 0 spiro atoms. The standard InChI is InChI=1S/C7H14N2O/c1-8-7(10)5-9(2)6-3-4-6/h6H,3-5H2,1-2H3,(H,8,10). The molecule has 0 radical (unpaired) electrons. The van der Waals surface area contributed by atoms with E-state index < -0.39 is 0 Å². The summed E-state index contributed by atoms with van der Waals surface area (Å²) in [6, 6.07) is 0.678. The SMILES string of the molecule is CNC(=O)CN(C)C1CC1. The second-order valence-electron chi connectivity index (χ2n) is 2.82. The Labute approximate surface area is 61.4 Å². The van der Waals surface area contributed by atoms with Crippen molar-refractivity contribution in [1.29, 1.82) is 0 Å². The topological polar surface area (TPSA) is 32.3 Å². The van der Waals surface area contributed by atoms with Crippen LogP contribution in [0.1, 0.15) is 12.8 Å². The van der Waals surface area contributed by atoms with Crippen LogP contribution in [0, 0.1) is 0 Å². The van der Waals surface area contributed by atoms with E-state index in [1.807, 2.05) is 7.05 Å². The van der Waals surface area contributed by atoms with Crippen LogP contribution in [0.15, 0.2) is 0 Å². The number of hydrogen-bond donors (Lipinski definition) is 1. The van der Waals surface area contributed by atoms with Crippen molar-refractivity contribution < 1.29 is 4.79 Å². The number of amides is 1. The lowest BCUT2D eigenvalue weighted by Crippen LogP contribution is -2.34. The van der Waals surface area contributed by atoms with Gasteiger partial charge in [0.2, 0.25) is 5.91 Å². The zero-order chi connectivity index (χ0) is 7.56. The number of carbonyl (C=O) groups excluding carboxylic acids is 1. The van der Waals surface area contributed by atoms with Crippen LogP contribution in [0.2, 0.25) is 0 Å². The van der Waals surface area contributed by atoms with Crippen LogP contribution in [0.25, 0.3) is 0 Å². The van der Waals surface area contributed by atoms with Crippen molar-refractivity contribution in [2.45, 2.75) is 18.9 Å². The molecule has 10 heavy (non-hydrogen) atoms. The third-order valence-electron chi connectivity index (χ3n) is 1.84. The second-order valence-corrected chi connectivity index (χ2v) is 2.82. The average molecular weight is 142 g/mol. The maximum atomic E-state index is 10.8. The summed E-state index contributed by atoms with van der Waals surface area (Å²) in [5.41, 5.74) is 0. The first-order chi connectivity index (χ1) is 4.74. The third-order valence-corrected chi connectivity index (χ3v) is 1.84. The molecule has 0 aromatic rings. The molecule has 3 nitrogen and oxygen atoms in total. The summed E-state index contributed by atoms with van der Waals surface area (Å²) in [5.74, 6) is 0.106. The van der Waals surface area contributed by atoms with E-state index in [4.69, 9.17) is 0 Å². The lowest BCUT2D eigenvalue weighted by Gasteiger charge is -2.13. The first-order valence-electron chi connectivity index (χ1n) is 3.65. The molecule has 0 unspecified atom stereocenters. The molecular formula is C7H14N2O. The minimum absolute atomic E-state index is 0.106. The Hall–Kier alpha value is -0.570. The van der Waals surface area contributed by atoms with Crippen molar-refractivity contribution in [1.82, 2.24) is 10.2 Å². The Kier molecular flexibility index (Phi) is 2.27. The van der Waals surface area contributed by atoms with Crippen molar-refractivity contribution >= 4 is 5.91 Å². The maximum absolute atomic E-state index is 10.8. The zero-order valence-corrected chi connectivity index (χ0v) is 6.55. The van der Waals surface area contributed by atoms with Gasteiger partial charge in [0.25, 0.3) is 0 Å². The summed E-state index contributed by atoms with van der Waals surface area (Å²) < 4.78 is 0. The van der Waals surface area contributed by atoms with Crippen LogP contribution < -0.4 is 5.32 Å². The molecule has 1 N–H and O–H groups in total. The lowest BCUT2D eigenvalue weighted by atomic mass is 10.5. The molecule has 1 aliphatic carbocycles. The molecule has 0 atom stereocenters. The number of carbonyl (C=O) groups is 1. The fraction of sp³-hybridized carbons (Fsp3) is 0.857. The van der Waals surface area contributed by atoms with E-state index in [1.165, 1.54) is 12.8 Å². The van der Waals surface area contributed by atoms with Crippen LogP contribution in [-0.2, 0) is 4.79 Å². The van der Waals surface area contributed by atoms with Gasteiger partial charge in [-0.1, -0.05) is 0 Å². The molecule has 0 aromatic heterocycles. The maximum Gasteiger partial charge on any atom is 0.233 e. The van der Waals surface area contributed by atoms with E-state index in [1.54, 1.807) is 7.05 Å². The number of nitrogens with one attached hydrogen (secondary N) is 1. The molecule has 0 bridgehead atoms. The summed E-state index contributed by atoms with van der Waals surface area (Å²) in [6.45, 7) is 0.543. The molecule has 1 fully saturated rings. The van der Waals surface area contributed by atoms with E-state index in [9.17, 15) is 4.79 Å². The lowest BCUT2D eigenvalue weighted by molar-refractivity contribution is -0.121. The Bertz CT molecular complexity index is 132. The van der Waals surface area contributed by atoms with Crippen molar-refractivity contribution in [3.05, 3.63) is 0 Å². The van der Waals surface area contributed by atoms with Crippen molar-refractivity contribution in [3.8, 4) is 0 Å². The zero-order valence-electron chi connectivity index (χ0n) is 6.55. The molecule has 1 aliphatic rings. The fourth-order valence-corrected chi connectivity index (χ4v) is 0.950. The molecule has 0 aliphatic heterocycles. The highest BCUT2D eigenvalue weighted by Crippen LogP contribution is 2.24. The van der Waals surface area contributed by atoms with Gasteiger partial charge in [0.15, 0.2) is 0 Å². The van der Waals surface area contributed by atoms with E-state index in [0.717, 1.165) is 0 Å². The minimum Gasteiger partial charge on any atom is -0.358 e. The molecule has 0 heterocycles. The summed E-state index contributed by atoms with van der Waals surface area (Å²) in [7, 11) is 3.66. The van der Waals surface area contributed by atoms with Gasteiger partial charge in [0, 0.05) is 13.1 Å². The Morgan fingerprint density at radius 1 is 1.70 bits per heavy atom. The number of hydrogen-bond acceptors (Lipinski definition) is 2. The van der Waals surface area contributed by atoms with E-state index in [0.29, 0.717) is 12.6 Å². The molecule has 58 valence electrons. The molecule has 1 rings (SSSR count). The quantitative estimate of drug-likeness (QED) is 0.593. The first kappa shape index (κ1) is 7.54. The molecule has 3 heteroatoms. The van der Waals surface area contributed by atoms with Crippen molar-refractivity contribution in [2.24, 2.45) is 0 Å². The second kappa shape index (κ2) is 3.01. The van der Waals surface area contributed by atoms with Crippen LogP contribution in [0.5, 0.6) is 0 Å². The van der Waals surface area contributed by atoms with Crippen LogP contribution in [-0.4, -0.2) is 37.5 Å². The fourth-order valence-electron chi connectivity index (χ4n) is 0.950. The van der Waals surface area contributed by atoms with Crippen molar-refractivity contribution in [3.63, 3.8) is 0 Å². The highest BCUT2D eigenvalue weighted by molar-refractivity contribution is 5.77. The summed E-state index contributed by atoms with van der Waals surface area (Å²) in [4.78, 5) is 12.9. The van der Waals surface area contributed by atoms with E-state index >= 15 is 0 Å². The smallest absolute Gasteiger partial charge is 0.233 e. The van der Waals surface area contributed by atoms with Gasteiger partial charge in [0.05, 0.1) is 6.54 Å². The minimum atomic E-state index is 0.106. The van der Waals surface area contributed by atoms with Gasteiger partial charge >= 0.3 is 0 Å². The molecule has 0 saturated heterocycles. The Morgan fingerprint density at radius 3 is 2.70 bits per heavy atom. The Morgan fingerprint density at radius 2 is 2.30 bits per heavy atom. The molecular weight excluding hydrogens is 128 g/mol. The molecule has 1 amide bonds. The van der Waals surface area contributed by atoms with Gasteiger partial charge in [0.1, 0.15) is 0 Å². The number of nitrogens with zero attached hydrogens (tertiary/aromatic N) is 1. The highest BCUT2D eigenvalue weighted by atomic mass is 16.1. The highest BCUT2D eigenvalue weighted by Gasteiger charge is 2.26. The third kappa shape index (κ3) is 1.99. The molecule has 1 saturated carbocycles. The van der Waals surface area contributed by atoms with E-state index in [2.05, 4.69) is 10.2 Å². The predicted molar refractivity (Wildman–Crippen MR) is 39.7 cm³/mol. The van der Waals surface area contributed by atoms with Gasteiger partial charge in [-0.3, -0.25) is 9.69 Å².